The van der Waals surface area contributed by atoms with Gasteiger partial charge >= 0.3 is 5.63 Å². The molecule has 0 unspecified atom stereocenters. The summed E-state index contributed by atoms with van der Waals surface area (Å²) in [5.74, 6) is -0.383. The smallest absolute Gasteiger partial charge is 0.345 e. The molecule has 0 spiro atoms. The molecule has 3 aromatic carbocycles. The molecule has 5 rings (SSSR count). The zero-order valence-electron chi connectivity index (χ0n) is 16.0. The Kier molecular flexibility index (Phi) is 4.66. The SMILES string of the molecule is N#C/C(=C\c1cccc(F)c1)c1nc(-c2cc3c(ccc4ccccc43)oc2=O)cs1. The molecular weight excluding hydrogens is 411 g/mol. The fourth-order valence-electron chi connectivity index (χ4n) is 3.48. The average molecular weight is 424 g/mol. The fraction of sp³-hybridized carbons (Fsp3) is 0. The molecule has 0 amide bonds. The second-order valence-electron chi connectivity index (χ2n) is 6.91. The summed E-state index contributed by atoms with van der Waals surface area (Å²) in [5, 5.41) is 14.6. The summed E-state index contributed by atoms with van der Waals surface area (Å²) in [5.41, 5.74) is 1.62. The fourth-order valence-corrected chi connectivity index (χ4v) is 4.26. The molecule has 0 aliphatic heterocycles. The molecule has 31 heavy (non-hydrogen) atoms. The predicted molar refractivity (Wildman–Crippen MR) is 121 cm³/mol. The summed E-state index contributed by atoms with van der Waals surface area (Å²) in [6, 6.07) is 21.4. The van der Waals surface area contributed by atoms with Gasteiger partial charge in [0.15, 0.2) is 0 Å². The standard InChI is InChI=1S/C25H13FN2O2S/c26-18-6-3-4-15(11-18)10-17(13-27)24-28-22(14-31-24)21-12-20-19-7-2-1-5-16(19)8-9-23(20)30-25(21)29/h1-12,14H/b17-10+. The highest BCUT2D eigenvalue weighted by atomic mass is 32.1. The number of rotatable bonds is 3. The lowest BCUT2D eigenvalue weighted by molar-refractivity contribution is 0.563. The van der Waals surface area contributed by atoms with E-state index in [9.17, 15) is 14.4 Å². The Hall–Kier alpha value is -4.08. The van der Waals surface area contributed by atoms with Crippen LogP contribution in [0, 0.1) is 17.1 Å². The van der Waals surface area contributed by atoms with Crippen LogP contribution in [-0.4, -0.2) is 4.98 Å². The maximum atomic E-state index is 13.5. The summed E-state index contributed by atoms with van der Waals surface area (Å²) in [7, 11) is 0. The molecule has 2 aromatic heterocycles. The van der Waals surface area contributed by atoms with E-state index in [0.29, 0.717) is 27.4 Å². The Balaban J connectivity index is 1.62. The summed E-state index contributed by atoms with van der Waals surface area (Å²) >= 11 is 1.24. The van der Waals surface area contributed by atoms with Crippen molar-refractivity contribution in [3.05, 3.63) is 98.9 Å². The highest BCUT2D eigenvalue weighted by molar-refractivity contribution is 7.11. The second kappa shape index (κ2) is 7.63. The van der Waals surface area contributed by atoms with Crippen LogP contribution in [0.5, 0.6) is 0 Å². The molecule has 4 nitrogen and oxygen atoms in total. The zero-order chi connectivity index (χ0) is 21.4. The van der Waals surface area contributed by atoms with Gasteiger partial charge in [-0.1, -0.05) is 42.5 Å². The highest BCUT2D eigenvalue weighted by Gasteiger charge is 2.15. The lowest BCUT2D eigenvalue weighted by Crippen LogP contribution is -2.03. The molecule has 6 heteroatoms. The molecule has 0 N–H and O–H groups in total. The van der Waals surface area contributed by atoms with Crippen LogP contribution in [0.15, 0.2) is 81.3 Å². The molecular formula is C25H13FN2O2S. The van der Waals surface area contributed by atoms with Crippen LogP contribution in [0.25, 0.3) is 44.6 Å². The largest absolute Gasteiger partial charge is 0.422 e. The number of fused-ring (bicyclic) bond motifs is 3. The molecule has 0 atom stereocenters. The number of benzene rings is 3. The molecule has 0 aliphatic carbocycles. The van der Waals surface area contributed by atoms with Gasteiger partial charge in [-0.25, -0.2) is 14.2 Å². The molecule has 5 aromatic rings. The van der Waals surface area contributed by atoms with Crippen molar-refractivity contribution in [2.45, 2.75) is 0 Å². The van der Waals surface area contributed by atoms with Crippen molar-refractivity contribution in [3.8, 4) is 17.3 Å². The first-order chi connectivity index (χ1) is 15.1. The van der Waals surface area contributed by atoms with Crippen LogP contribution in [0.2, 0.25) is 0 Å². The van der Waals surface area contributed by atoms with E-state index in [4.69, 9.17) is 4.42 Å². The molecule has 2 heterocycles. The number of aromatic nitrogens is 1. The van der Waals surface area contributed by atoms with Gasteiger partial charge in [0, 0.05) is 10.8 Å². The molecule has 0 aliphatic rings. The molecule has 0 saturated heterocycles. The van der Waals surface area contributed by atoms with Crippen molar-refractivity contribution in [1.29, 1.82) is 5.26 Å². The average Bonchev–Trinajstić information content (AvgIpc) is 3.26. The third kappa shape index (κ3) is 3.52. The second-order valence-corrected chi connectivity index (χ2v) is 7.77. The van der Waals surface area contributed by atoms with Gasteiger partial charge < -0.3 is 4.42 Å². The van der Waals surface area contributed by atoms with E-state index in [2.05, 4.69) is 11.1 Å². The van der Waals surface area contributed by atoms with Gasteiger partial charge in [-0.2, -0.15) is 5.26 Å². The summed E-state index contributed by atoms with van der Waals surface area (Å²) in [4.78, 5) is 17.1. The van der Waals surface area contributed by atoms with Gasteiger partial charge in [0.25, 0.3) is 0 Å². The molecule has 0 fully saturated rings. The van der Waals surface area contributed by atoms with E-state index in [1.807, 2.05) is 30.3 Å². The number of thiazole rings is 1. The molecule has 148 valence electrons. The minimum Gasteiger partial charge on any atom is -0.422 e. The minimum absolute atomic E-state index is 0.289. The Bertz CT molecular complexity index is 1590. The van der Waals surface area contributed by atoms with E-state index in [1.165, 1.54) is 23.5 Å². The van der Waals surface area contributed by atoms with Crippen LogP contribution in [0.3, 0.4) is 0 Å². The molecule has 0 bridgehead atoms. The monoisotopic (exact) mass is 424 g/mol. The first kappa shape index (κ1) is 18.9. The van der Waals surface area contributed by atoms with Crippen molar-refractivity contribution >= 4 is 44.7 Å². The van der Waals surface area contributed by atoms with Crippen molar-refractivity contribution in [1.82, 2.24) is 4.98 Å². The highest BCUT2D eigenvalue weighted by Crippen LogP contribution is 2.30. The van der Waals surface area contributed by atoms with Crippen molar-refractivity contribution in [2.75, 3.05) is 0 Å². The van der Waals surface area contributed by atoms with E-state index in [-0.39, 0.29) is 11.4 Å². The van der Waals surface area contributed by atoms with Gasteiger partial charge in [0.05, 0.1) is 16.8 Å². The Morgan fingerprint density at radius 3 is 2.77 bits per heavy atom. The van der Waals surface area contributed by atoms with Crippen molar-refractivity contribution in [3.63, 3.8) is 0 Å². The molecule has 0 radical (unpaired) electrons. The first-order valence-corrected chi connectivity index (χ1v) is 10.3. The van der Waals surface area contributed by atoms with Gasteiger partial charge in [-0.3, -0.25) is 0 Å². The van der Waals surface area contributed by atoms with Gasteiger partial charge in [-0.15, -0.1) is 11.3 Å². The Morgan fingerprint density at radius 2 is 1.94 bits per heavy atom. The van der Waals surface area contributed by atoms with Gasteiger partial charge in [-0.05, 0) is 46.7 Å². The van der Waals surface area contributed by atoms with Crippen LogP contribution < -0.4 is 5.63 Å². The van der Waals surface area contributed by atoms with Crippen LogP contribution >= 0.6 is 11.3 Å². The number of hydrogen-bond donors (Lipinski definition) is 0. The lowest BCUT2D eigenvalue weighted by Gasteiger charge is -2.04. The molecule has 0 saturated carbocycles. The zero-order valence-corrected chi connectivity index (χ0v) is 16.8. The van der Waals surface area contributed by atoms with Crippen LogP contribution in [0.4, 0.5) is 4.39 Å². The van der Waals surface area contributed by atoms with Gasteiger partial charge in [0.2, 0.25) is 0 Å². The predicted octanol–water partition coefficient (Wildman–Crippen LogP) is 6.27. The number of nitrogens with zero attached hydrogens (tertiary/aromatic N) is 2. The maximum Gasteiger partial charge on any atom is 0.345 e. The lowest BCUT2D eigenvalue weighted by atomic mass is 10.0. The summed E-state index contributed by atoms with van der Waals surface area (Å²) in [6.07, 6.45) is 1.57. The number of nitriles is 1. The van der Waals surface area contributed by atoms with Crippen LogP contribution in [0.1, 0.15) is 10.6 Å². The number of allylic oxidation sites excluding steroid dienone is 1. The Labute approximate surface area is 180 Å². The minimum atomic E-state index is -0.493. The van der Waals surface area contributed by atoms with E-state index >= 15 is 0 Å². The van der Waals surface area contributed by atoms with Crippen LogP contribution in [-0.2, 0) is 0 Å². The van der Waals surface area contributed by atoms with E-state index < -0.39 is 5.63 Å². The van der Waals surface area contributed by atoms with Crippen molar-refractivity contribution in [2.24, 2.45) is 0 Å². The third-order valence-corrected chi connectivity index (χ3v) is 5.81. The number of hydrogen-bond acceptors (Lipinski definition) is 5. The Morgan fingerprint density at radius 1 is 1.06 bits per heavy atom. The van der Waals surface area contributed by atoms with E-state index in [0.717, 1.165) is 16.2 Å². The quantitative estimate of drug-likeness (QED) is 0.194. The van der Waals surface area contributed by atoms with Gasteiger partial charge in [0.1, 0.15) is 22.5 Å². The first-order valence-electron chi connectivity index (χ1n) is 9.41. The number of halogens is 1. The van der Waals surface area contributed by atoms with Crippen molar-refractivity contribution < 1.29 is 8.81 Å². The normalized spacial score (nSPS) is 11.7. The topological polar surface area (TPSA) is 66.9 Å². The third-order valence-electron chi connectivity index (χ3n) is 4.93. The summed E-state index contributed by atoms with van der Waals surface area (Å²) in [6.45, 7) is 0. The summed E-state index contributed by atoms with van der Waals surface area (Å²) < 4.78 is 19.0. The van der Waals surface area contributed by atoms with E-state index in [1.54, 1.807) is 35.7 Å². The maximum absolute atomic E-state index is 13.5.